The number of carbonyl (C=O) groups is 2. The van der Waals surface area contributed by atoms with E-state index in [1.807, 2.05) is 25.9 Å². The Hall–Kier alpha value is -3.78. The summed E-state index contributed by atoms with van der Waals surface area (Å²) < 4.78 is 16.4. The van der Waals surface area contributed by atoms with Crippen molar-refractivity contribution in [3.8, 4) is 17.2 Å². The zero-order chi connectivity index (χ0) is 25.7. The maximum atomic E-state index is 13.2. The lowest BCUT2D eigenvalue weighted by Gasteiger charge is -2.27. The first-order chi connectivity index (χ1) is 16.7. The lowest BCUT2D eigenvalue weighted by molar-refractivity contribution is -0.140. The van der Waals surface area contributed by atoms with Crippen molar-refractivity contribution in [2.24, 2.45) is 0 Å². The summed E-state index contributed by atoms with van der Waals surface area (Å²) in [5.74, 6) is -0.0350. The maximum absolute atomic E-state index is 13.2. The van der Waals surface area contributed by atoms with Crippen LogP contribution in [-0.2, 0) is 9.59 Å². The summed E-state index contributed by atoms with van der Waals surface area (Å²) >= 11 is 0. The van der Waals surface area contributed by atoms with Gasteiger partial charge in [-0.2, -0.15) is 0 Å². The summed E-state index contributed by atoms with van der Waals surface area (Å²) in [6.07, 6.45) is 1.63. The number of hydrogen-bond acceptors (Lipinski definition) is 7. The molecule has 0 radical (unpaired) electrons. The molecule has 8 nitrogen and oxygen atoms in total. The number of nitrogens with zero attached hydrogens (tertiary/aromatic N) is 2. The third-order valence-electron chi connectivity index (χ3n) is 5.88. The number of aliphatic hydroxyl groups is 1. The van der Waals surface area contributed by atoms with Crippen LogP contribution >= 0.6 is 0 Å². The number of benzene rings is 2. The Balaban J connectivity index is 2.18. The fourth-order valence-electron chi connectivity index (χ4n) is 4.06. The molecular formula is C27H32N2O6. The van der Waals surface area contributed by atoms with Gasteiger partial charge in [0.2, 0.25) is 0 Å². The van der Waals surface area contributed by atoms with Crippen LogP contribution in [0.5, 0.6) is 17.2 Å². The second-order valence-electron chi connectivity index (χ2n) is 8.49. The molecule has 1 atom stereocenters. The molecule has 1 fully saturated rings. The van der Waals surface area contributed by atoms with Crippen LogP contribution < -0.4 is 14.2 Å². The quantitative estimate of drug-likeness (QED) is 0.241. The van der Waals surface area contributed by atoms with Crippen molar-refractivity contribution in [1.29, 1.82) is 0 Å². The topological polar surface area (TPSA) is 88.5 Å². The van der Waals surface area contributed by atoms with E-state index >= 15 is 0 Å². The predicted octanol–water partition coefficient (Wildman–Crippen LogP) is 3.56. The summed E-state index contributed by atoms with van der Waals surface area (Å²) in [4.78, 5) is 29.8. The largest absolute Gasteiger partial charge is 0.507 e. The number of ether oxygens (including phenoxy) is 3. The molecule has 1 aliphatic rings. The minimum atomic E-state index is -0.793. The smallest absolute Gasteiger partial charge is 0.295 e. The molecule has 1 heterocycles. The monoisotopic (exact) mass is 480 g/mol. The molecule has 0 aliphatic carbocycles. The van der Waals surface area contributed by atoms with E-state index in [2.05, 4.69) is 6.58 Å². The van der Waals surface area contributed by atoms with Crippen LogP contribution in [0, 0.1) is 6.92 Å². The fourth-order valence-corrected chi connectivity index (χ4v) is 4.06. The standard InChI is InChI=1S/C27H32N2O6/c1-7-14-35-21-11-8-18(16-22(21)34-6)24-23(26(31)27(32)29(24)13-12-28(3)4)25(30)20-10-9-19(33-5)15-17(20)2/h7-11,15-16,24,30H,1,12-14H2,2-6H3. The average molecular weight is 481 g/mol. The van der Waals surface area contributed by atoms with Crippen molar-refractivity contribution < 1.29 is 28.9 Å². The van der Waals surface area contributed by atoms with E-state index < -0.39 is 17.7 Å². The van der Waals surface area contributed by atoms with Crippen LogP contribution in [0.15, 0.2) is 54.6 Å². The summed E-state index contributed by atoms with van der Waals surface area (Å²) in [5.41, 5.74) is 1.83. The van der Waals surface area contributed by atoms with Gasteiger partial charge in [0.05, 0.1) is 25.8 Å². The molecule has 0 saturated carbocycles. The second kappa shape index (κ2) is 11.1. The molecular weight excluding hydrogens is 448 g/mol. The number of hydrogen-bond donors (Lipinski definition) is 1. The molecule has 3 rings (SSSR count). The SMILES string of the molecule is C=CCOc1ccc(C2C(=C(O)c3ccc(OC)cc3C)C(=O)C(=O)N2CCN(C)C)cc1OC. The molecule has 1 saturated heterocycles. The molecule has 2 aromatic carbocycles. The normalized spacial score (nSPS) is 17.1. The van der Waals surface area contributed by atoms with Gasteiger partial charge in [-0.25, -0.2) is 0 Å². The molecule has 1 aliphatic heterocycles. The number of likely N-dealkylation sites (tertiary alicyclic amines) is 1. The van der Waals surface area contributed by atoms with E-state index in [1.165, 1.54) is 12.0 Å². The molecule has 0 bridgehead atoms. The molecule has 0 aromatic heterocycles. The average Bonchev–Trinajstić information content (AvgIpc) is 3.10. The van der Waals surface area contributed by atoms with Gasteiger partial charge in [0.25, 0.3) is 11.7 Å². The van der Waals surface area contributed by atoms with Gasteiger partial charge in [0.1, 0.15) is 18.1 Å². The van der Waals surface area contributed by atoms with Crippen LogP contribution in [0.2, 0.25) is 0 Å². The molecule has 1 amide bonds. The lowest BCUT2D eigenvalue weighted by atomic mass is 9.93. The van der Waals surface area contributed by atoms with Crippen LogP contribution in [0.4, 0.5) is 0 Å². The number of rotatable bonds is 10. The minimum absolute atomic E-state index is 0.0313. The predicted molar refractivity (Wildman–Crippen MR) is 134 cm³/mol. The van der Waals surface area contributed by atoms with Gasteiger partial charge in [-0.1, -0.05) is 18.7 Å². The van der Waals surface area contributed by atoms with Gasteiger partial charge in [0, 0.05) is 18.7 Å². The zero-order valence-electron chi connectivity index (χ0n) is 20.8. The van der Waals surface area contributed by atoms with Crippen molar-refractivity contribution in [3.05, 3.63) is 71.3 Å². The van der Waals surface area contributed by atoms with Crippen molar-refractivity contribution in [3.63, 3.8) is 0 Å². The number of carbonyl (C=O) groups excluding carboxylic acids is 2. The van der Waals surface area contributed by atoms with E-state index in [9.17, 15) is 14.7 Å². The highest BCUT2D eigenvalue weighted by atomic mass is 16.5. The van der Waals surface area contributed by atoms with E-state index in [4.69, 9.17) is 14.2 Å². The number of methoxy groups -OCH3 is 2. The second-order valence-corrected chi connectivity index (χ2v) is 8.49. The lowest BCUT2D eigenvalue weighted by Crippen LogP contribution is -2.35. The van der Waals surface area contributed by atoms with Crippen LogP contribution in [-0.4, -0.2) is 74.6 Å². The zero-order valence-corrected chi connectivity index (χ0v) is 20.8. The Morgan fingerprint density at radius 2 is 1.86 bits per heavy atom. The van der Waals surface area contributed by atoms with Crippen LogP contribution in [0.25, 0.3) is 5.76 Å². The summed E-state index contributed by atoms with van der Waals surface area (Å²) in [6, 6.07) is 9.58. The van der Waals surface area contributed by atoms with Crippen molar-refractivity contribution in [1.82, 2.24) is 9.80 Å². The number of aliphatic hydroxyl groups excluding tert-OH is 1. The highest BCUT2D eigenvalue weighted by Crippen LogP contribution is 2.42. The highest BCUT2D eigenvalue weighted by molar-refractivity contribution is 6.46. The first kappa shape index (κ1) is 25.8. The Bertz CT molecular complexity index is 1150. The fraction of sp³-hybridized carbons (Fsp3) is 0.333. The Kier molecular flexibility index (Phi) is 8.19. The third kappa shape index (κ3) is 5.33. The van der Waals surface area contributed by atoms with Crippen molar-refractivity contribution in [2.45, 2.75) is 13.0 Å². The molecule has 0 spiro atoms. The molecule has 35 heavy (non-hydrogen) atoms. The van der Waals surface area contributed by atoms with Crippen molar-refractivity contribution in [2.75, 3.05) is 48.0 Å². The number of aryl methyl sites for hydroxylation is 1. The Labute approximate surface area is 206 Å². The van der Waals surface area contributed by atoms with Gasteiger partial charge >= 0.3 is 0 Å². The first-order valence-electron chi connectivity index (χ1n) is 11.2. The van der Waals surface area contributed by atoms with E-state index in [0.717, 1.165) is 0 Å². The third-order valence-corrected chi connectivity index (χ3v) is 5.88. The molecule has 1 unspecified atom stereocenters. The van der Waals surface area contributed by atoms with Gasteiger partial charge < -0.3 is 29.1 Å². The first-order valence-corrected chi connectivity index (χ1v) is 11.2. The highest BCUT2D eigenvalue weighted by Gasteiger charge is 2.46. The maximum Gasteiger partial charge on any atom is 0.295 e. The number of ketones is 1. The molecule has 186 valence electrons. The molecule has 2 aromatic rings. The summed E-state index contributed by atoms with van der Waals surface area (Å²) in [5, 5.41) is 11.3. The number of amides is 1. The van der Waals surface area contributed by atoms with E-state index in [1.54, 1.807) is 49.6 Å². The van der Waals surface area contributed by atoms with Crippen molar-refractivity contribution >= 4 is 17.4 Å². The van der Waals surface area contributed by atoms with Gasteiger partial charge in [0.15, 0.2) is 11.5 Å². The minimum Gasteiger partial charge on any atom is -0.507 e. The van der Waals surface area contributed by atoms with E-state index in [0.29, 0.717) is 53.6 Å². The van der Waals surface area contributed by atoms with Gasteiger partial charge in [-0.15, -0.1) is 0 Å². The van der Waals surface area contributed by atoms with Crippen LogP contribution in [0.1, 0.15) is 22.7 Å². The molecule has 1 N–H and O–H groups in total. The van der Waals surface area contributed by atoms with E-state index in [-0.39, 0.29) is 11.3 Å². The Morgan fingerprint density at radius 1 is 1.11 bits per heavy atom. The summed E-state index contributed by atoms with van der Waals surface area (Å²) in [7, 11) is 6.85. The Morgan fingerprint density at radius 3 is 2.46 bits per heavy atom. The van der Waals surface area contributed by atoms with Crippen LogP contribution in [0.3, 0.4) is 0 Å². The van der Waals surface area contributed by atoms with Gasteiger partial charge in [-0.3, -0.25) is 9.59 Å². The number of Topliss-reactive ketones (excluding diaryl/α,β-unsaturated/α-hetero) is 1. The number of likely N-dealkylation sites (N-methyl/N-ethyl adjacent to an activating group) is 1. The van der Waals surface area contributed by atoms with Gasteiger partial charge in [-0.05, 0) is 62.5 Å². The summed E-state index contributed by atoms with van der Waals surface area (Å²) in [6.45, 7) is 6.61. The molecule has 8 heteroatoms.